The third-order valence-corrected chi connectivity index (χ3v) is 6.68. The summed E-state index contributed by atoms with van der Waals surface area (Å²) < 4.78 is 5.35. The van der Waals surface area contributed by atoms with Crippen molar-refractivity contribution in [2.75, 3.05) is 4.90 Å². The van der Waals surface area contributed by atoms with Crippen LogP contribution in [0.3, 0.4) is 0 Å². The number of carbonyl (C=O) groups excluding carboxylic acids is 4. The van der Waals surface area contributed by atoms with Crippen molar-refractivity contribution in [3.05, 3.63) is 65.2 Å². The van der Waals surface area contributed by atoms with Crippen LogP contribution in [0.2, 0.25) is 0 Å². The van der Waals surface area contributed by atoms with Gasteiger partial charge in [-0.15, -0.1) is 0 Å². The van der Waals surface area contributed by atoms with Gasteiger partial charge in [0.15, 0.2) is 0 Å². The molecule has 2 aliphatic rings. The summed E-state index contributed by atoms with van der Waals surface area (Å²) in [5, 5.41) is 9.36. The highest BCUT2D eigenvalue weighted by atomic mass is 16.5. The lowest BCUT2D eigenvalue weighted by Gasteiger charge is -2.38. The molecule has 11 nitrogen and oxygen atoms in total. The molecule has 0 bridgehead atoms. The number of hydrogen-bond donors (Lipinski definition) is 4. The molecule has 2 aliphatic heterocycles. The molecule has 0 saturated heterocycles. The molecule has 0 spiro atoms. The van der Waals surface area contributed by atoms with Crippen LogP contribution in [0.4, 0.5) is 15.3 Å². The molecule has 5 amide bonds. The first-order valence-corrected chi connectivity index (χ1v) is 12.7. The molecule has 3 atom stereocenters. The van der Waals surface area contributed by atoms with Gasteiger partial charge in [-0.2, -0.15) is 5.10 Å². The predicted octanol–water partition coefficient (Wildman–Crippen LogP) is 2.12. The number of rotatable bonds is 8. The molecule has 5 N–H and O–H groups in total. The molecule has 0 aliphatic carbocycles. The number of nitrogens with two attached hydrogens (primary N) is 1. The topological polar surface area (TPSA) is 155 Å². The zero-order valence-corrected chi connectivity index (χ0v) is 21.2. The molecule has 0 aromatic heterocycles. The Bertz CT molecular complexity index is 1220. The zero-order chi connectivity index (χ0) is 27.1. The number of benzene rings is 2. The predicted molar refractivity (Wildman–Crippen MR) is 141 cm³/mol. The Balaban J connectivity index is 1.52. The fourth-order valence-corrected chi connectivity index (χ4v) is 4.79. The van der Waals surface area contributed by atoms with Crippen molar-refractivity contribution in [3.8, 4) is 0 Å². The number of ether oxygens (including phenoxy) is 1. The first-order valence-electron chi connectivity index (χ1n) is 12.7. The third-order valence-electron chi connectivity index (χ3n) is 6.68. The maximum atomic E-state index is 13.8. The van der Waals surface area contributed by atoms with Gasteiger partial charge >= 0.3 is 12.1 Å². The van der Waals surface area contributed by atoms with Gasteiger partial charge in [0.2, 0.25) is 11.8 Å². The minimum atomic E-state index is -0.852. The highest BCUT2D eigenvalue weighted by Gasteiger charge is 2.42. The molecular weight excluding hydrogens is 488 g/mol. The Morgan fingerprint density at radius 1 is 1.11 bits per heavy atom. The number of alkyl carbamates (subject to hydrolysis) is 1. The van der Waals surface area contributed by atoms with Crippen LogP contribution >= 0.6 is 0 Å². The maximum absolute atomic E-state index is 13.8. The summed E-state index contributed by atoms with van der Waals surface area (Å²) in [5.41, 5.74) is 10.7. The van der Waals surface area contributed by atoms with Gasteiger partial charge < -0.3 is 21.1 Å². The second kappa shape index (κ2) is 12.2. The van der Waals surface area contributed by atoms with Crippen molar-refractivity contribution in [2.45, 2.75) is 63.8 Å². The molecule has 38 heavy (non-hydrogen) atoms. The van der Waals surface area contributed by atoms with Crippen LogP contribution in [-0.2, 0) is 33.8 Å². The maximum Gasteiger partial charge on any atom is 0.408 e. The van der Waals surface area contributed by atoms with Gasteiger partial charge in [0.1, 0.15) is 18.7 Å². The lowest BCUT2D eigenvalue weighted by Crippen LogP contribution is -2.58. The number of carbonyl (C=O) groups is 4. The largest absolute Gasteiger partial charge is 0.445 e. The number of nitrogens with zero attached hydrogens (tertiary/aromatic N) is 2. The second-order valence-corrected chi connectivity index (χ2v) is 9.26. The van der Waals surface area contributed by atoms with E-state index in [0.29, 0.717) is 32.1 Å². The highest BCUT2D eigenvalue weighted by molar-refractivity contribution is 6.06. The van der Waals surface area contributed by atoms with Crippen LogP contribution in [-0.4, -0.2) is 48.3 Å². The monoisotopic (exact) mass is 520 g/mol. The number of hydrazone groups is 1. The fraction of sp³-hybridized carbons (Fsp3) is 0.370. The van der Waals surface area contributed by atoms with Crippen LogP contribution in [0.1, 0.15) is 42.9 Å². The summed E-state index contributed by atoms with van der Waals surface area (Å²) in [5.74, 6) is -0.701. The SMILES string of the molecule is CC[C@@H](/C=N/NC(N)=O)NC(=O)C1CCc2cccc3c2N1C(=O)[C@@H](NC(=O)OCc1ccccc1)CC3. The lowest BCUT2D eigenvalue weighted by atomic mass is 9.92. The quantitative estimate of drug-likeness (QED) is 0.310. The summed E-state index contributed by atoms with van der Waals surface area (Å²) in [6, 6.07) is 12.2. The minimum Gasteiger partial charge on any atom is -0.445 e. The molecule has 0 radical (unpaired) electrons. The van der Waals surface area contributed by atoms with Crippen molar-refractivity contribution < 1.29 is 23.9 Å². The smallest absolute Gasteiger partial charge is 0.408 e. The Morgan fingerprint density at radius 2 is 1.82 bits per heavy atom. The normalized spacial score (nSPS) is 19.2. The number of hydrogen-bond acceptors (Lipinski definition) is 6. The Labute approximate surface area is 220 Å². The van der Waals surface area contributed by atoms with Crippen molar-refractivity contribution in [2.24, 2.45) is 10.8 Å². The van der Waals surface area contributed by atoms with Crippen molar-refractivity contribution >= 4 is 35.8 Å². The summed E-state index contributed by atoms with van der Waals surface area (Å²) >= 11 is 0. The van der Waals surface area contributed by atoms with Gasteiger partial charge in [0, 0.05) is 6.21 Å². The van der Waals surface area contributed by atoms with Crippen LogP contribution in [0.15, 0.2) is 53.6 Å². The third kappa shape index (κ3) is 6.28. The van der Waals surface area contributed by atoms with Gasteiger partial charge in [-0.05, 0) is 48.8 Å². The van der Waals surface area contributed by atoms with E-state index in [1.54, 1.807) is 0 Å². The molecule has 11 heteroatoms. The van der Waals surface area contributed by atoms with Crippen LogP contribution in [0.5, 0.6) is 0 Å². The highest BCUT2D eigenvalue weighted by Crippen LogP contribution is 2.37. The number of aryl methyl sites for hydroxylation is 2. The van der Waals surface area contributed by atoms with Gasteiger partial charge in [0.05, 0.1) is 11.7 Å². The molecule has 2 aromatic carbocycles. The molecule has 0 fully saturated rings. The minimum absolute atomic E-state index is 0.0806. The van der Waals surface area contributed by atoms with E-state index in [4.69, 9.17) is 10.5 Å². The first kappa shape index (κ1) is 26.6. The number of amides is 5. The van der Waals surface area contributed by atoms with E-state index in [1.807, 2.05) is 55.5 Å². The summed E-state index contributed by atoms with van der Waals surface area (Å²) in [6.07, 6.45) is 3.21. The fourth-order valence-electron chi connectivity index (χ4n) is 4.79. The summed E-state index contributed by atoms with van der Waals surface area (Å²) in [7, 11) is 0. The van der Waals surface area contributed by atoms with Crippen LogP contribution in [0.25, 0.3) is 0 Å². The Hall–Kier alpha value is -4.41. The molecule has 200 valence electrons. The number of anilines is 1. The van der Waals surface area contributed by atoms with Crippen LogP contribution < -0.4 is 26.7 Å². The number of urea groups is 1. The lowest BCUT2D eigenvalue weighted by molar-refractivity contribution is -0.127. The average molecular weight is 521 g/mol. The molecule has 1 unspecified atom stereocenters. The standard InChI is InChI=1S/C27H32N6O5/c1-2-20(15-29-32-26(28)36)30-24(34)22-14-12-19-10-6-9-18-11-13-21(25(35)33(22)23(18)19)31-27(37)38-16-17-7-4-3-5-8-17/h3-10,15,20-22H,2,11-14,16H2,1H3,(H,30,34)(H,31,37)(H3,28,32,36)/b29-15+/t20-,21-,22?/m0/s1. The van der Waals surface area contributed by atoms with E-state index in [9.17, 15) is 19.2 Å². The van der Waals surface area contributed by atoms with Crippen LogP contribution in [0, 0.1) is 0 Å². The van der Waals surface area contributed by atoms with Gasteiger partial charge in [0.25, 0.3) is 0 Å². The Morgan fingerprint density at radius 3 is 2.50 bits per heavy atom. The van der Waals surface area contributed by atoms with E-state index >= 15 is 0 Å². The Kier molecular flexibility index (Phi) is 8.57. The van der Waals surface area contributed by atoms with E-state index in [0.717, 1.165) is 22.4 Å². The molecule has 2 heterocycles. The van der Waals surface area contributed by atoms with Crippen molar-refractivity contribution in [3.63, 3.8) is 0 Å². The molecule has 4 rings (SSSR count). The van der Waals surface area contributed by atoms with Gasteiger partial charge in [-0.25, -0.2) is 15.0 Å². The van der Waals surface area contributed by atoms with Crippen molar-refractivity contribution in [1.82, 2.24) is 16.1 Å². The summed E-state index contributed by atoms with van der Waals surface area (Å²) in [4.78, 5) is 52.3. The first-order chi connectivity index (χ1) is 18.4. The van der Waals surface area contributed by atoms with Crippen molar-refractivity contribution in [1.29, 1.82) is 0 Å². The zero-order valence-electron chi connectivity index (χ0n) is 21.2. The van der Waals surface area contributed by atoms with E-state index in [-0.39, 0.29) is 18.4 Å². The number of para-hydroxylation sites is 1. The second-order valence-electron chi connectivity index (χ2n) is 9.26. The molecule has 0 saturated carbocycles. The van der Waals surface area contributed by atoms with Gasteiger partial charge in [-0.1, -0.05) is 55.5 Å². The van der Waals surface area contributed by atoms with E-state index < -0.39 is 30.2 Å². The summed E-state index contributed by atoms with van der Waals surface area (Å²) in [6.45, 7) is 1.94. The van der Waals surface area contributed by atoms with E-state index in [2.05, 4.69) is 21.2 Å². The average Bonchev–Trinajstić information content (AvgIpc) is 3.05. The van der Waals surface area contributed by atoms with E-state index in [1.165, 1.54) is 11.1 Å². The molecule has 2 aromatic rings. The van der Waals surface area contributed by atoms with Gasteiger partial charge in [-0.3, -0.25) is 14.5 Å². The number of primary amides is 1. The number of nitrogens with one attached hydrogen (secondary N) is 3. The molecular formula is C27H32N6O5.